The van der Waals surface area contributed by atoms with Gasteiger partial charge in [0.25, 0.3) is 0 Å². The lowest BCUT2D eigenvalue weighted by Gasteiger charge is -2.20. The quantitative estimate of drug-likeness (QED) is 0.0532. The Morgan fingerprint density at radius 2 is 0.700 bits per heavy atom. The zero-order valence-corrected chi connectivity index (χ0v) is 38.1. The summed E-state index contributed by atoms with van der Waals surface area (Å²) in [6.45, 7) is 18.1. The highest BCUT2D eigenvalue weighted by molar-refractivity contribution is 7.96. The normalized spacial score (nSPS) is 12.4. The van der Waals surface area contributed by atoms with Gasteiger partial charge in [-0.15, -0.1) is 0 Å². The van der Waals surface area contributed by atoms with Gasteiger partial charge in [-0.2, -0.15) is 0 Å². The molecule has 318 valence electrons. The Hall–Kier alpha value is -5.08. The second-order valence-corrected chi connectivity index (χ2v) is 20.9. The molecular weight excluding hydrogens is 802 g/mol. The van der Waals surface area contributed by atoms with Crippen molar-refractivity contribution in [2.24, 2.45) is 0 Å². The van der Waals surface area contributed by atoms with Gasteiger partial charge in [-0.1, -0.05) is 76.9 Å². The van der Waals surface area contributed by atoms with Crippen molar-refractivity contribution < 1.29 is 52.1 Å². The van der Waals surface area contributed by atoms with E-state index in [1.54, 1.807) is 97.0 Å². The second kappa shape index (κ2) is 19.5. The summed E-state index contributed by atoms with van der Waals surface area (Å²) >= 11 is 0. The van der Waals surface area contributed by atoms with Gasteiger partial charge in [0.2, 0.25) is 36.4 Å². The van der Waals surface area contributed by atoms with Crippen LogP contribution in [0.1, 0.15) is 103 Å². The van der Waals surface area contributed by atoms with E-state index in [-0.39, 0.29) is 48.7 Å². The van der Waals surface area contributed by atoms with E-state index in [1.165, 1.54) is 6.07 Å². The van der Waals surface area contributed by atoms with Crippen LogP contribution in [0.5, 0.6) is 0 Å². The average Bonchev–Trinajstić information content (AvgIpc) is 3.12. The van der Waals surface area contributed by atoms with Gasteiger partial charge in [-0.25, -0.2) is 0 Å². The molecule has 0 radical (unpaired) electrons. The SMILES string of the molecule is Cc1ccc(C(=O)P(=O)(CC(=O)OCCOCCOC(=O)CP(=O)(C(=O)c2c(C)cc(C)cc2C)C(=O)c2c(C)cc(C)cc2C)C(=O)c2c(C)cc(C)cc2C)c(C)c1. The van der Waals surface area contributed by atoms with E-state index >= 15 is 0 Å². The Kier molecular flexibility index (Phi) is 15.5. The van der Waals surface area contributed by atoms with E-state index < -0.39 is 60.6 Å². The molecule has 0 bridgehead atoms. The number of rotatable bonds is 18. The smallest absolute Gasteiger partial charge is 0.314 e. The van der Waals surface area contributed by atoms with Crippen molar-refractivity contribution in [3.8, 4) is 0 Å². The molecule has 0 saturated carbocycles. The van der Waals surface area contributed by atoms with Gasteiger partial charge in [0.1, 0.15) is 25.5 Å². The minimum atomic E-state index is -4.62. The van der Waals surface area contributed by atoms with Crippen LogP contribution in [0.2, 0.25) is 0 Å². The Balaban J connectivity index is 1.41. The molecule has 60 heavy (non-hydrogen) atoms. The molecule has 4 rings (SSSR count). The summed E-state index contributed by atoms with van der Waals surface area (Å²) in [6.07, 6.45) is -1.91. The first-order valence-corrected chi connectivity index (χ1v) is 23.4. The number of esters is 2. The van der Waals surface area contributed by atoms with Crippen molar-refractivity contribution in [3.05, 3.63) is 138 Å². The summed E-state index contributed by atoms with van der Waals surface area (Å²) in [5, 5.41) is 0. The molecule has 0 aromatic heterocycles. The number of aryl methyl sites for hydroxylation is 11. The molecule has 4 aromatic rings. The zero-order valence-electron chi connectivity index (χ0n) is 36.3. The summed E-state index contributed by atoms with van der Waals surface area (Å²) in [4.78, 5) is 82.5. The molecule has 1 atom stereocenters. The van der Waals surface area contributed by atoms with Crippen LogP contribution in [-0.2, 0) is 32.9 Å². The predicted molar refractivity (Wildman–Crippen MR) is 233 cm³/mol. The fourth-order valence-corrected chi connectivity index (χ4v) is 12.4. The second-order valence-electron chi connectivity index (χ2n) is 15.7. The van der Waals surface area contributed by atoms with Crippen LogP contribution >= 0.6 is 14.3 Å². The Bertz CT molecular complexity index is 2370. The molecule has 0 N–H and O–H groups in total. The van der Waals surface area contributed by atoms with Crippen molar-refractivity contribution in [3.63, 3.8) is 0 Å². The summed E-state index contributed by atoms with van der Waals surface area (Å²) < 4.78 is 45.3. The van der Waals surface area contributed by atoms with E-state index in [1.807, 2.05) is 27.7 Å². The summed E-state index contributed by atoms with van der Waals surface area (Å²) in [7, 11) is -9.22. The number of carbonyl (C=O) groups excluding carboxylic acids is 6. The fraction of sp³-hybridized carbons (Fsp3) is 0.362. The van der Waals surface area contributed by atoms with E-state index in [0.29, 0.717) is 38.9 Å². The fourth-order valence-electron chi connectivity index (χ4n) is 7.80. The first-order valence-electron chi connectivity index (χ1n) is 19.6. The Morgan fingerprint density at radius 1 is 0.400 bits per heavy atom. The topological polar surface area (TPSA) is 164 Å². The van der Waals surface area contributed by atoms with Gasteiger partial charge in [-0.05, 0) is 115 Å². The van der Waals surface area contributed by atoms with Crippen molar-refractivity contribution in [2.75, 3.05) is 38.8 Å². The summed E-state index contributed by atoms with van der Waals surface area (Å²) in [6, 6.07) is 15.4. The summed E-state index contributed by atoms with van der Waals surface area (Å²) in [5.41, 5.74) is 3.98. The monoisotopic (exact) mass is 856 g/mol. The molecule has 0 amide bonds. The van der Waals surface area contributed by atoms with Gasteiger partial charge in [-0.3, -0.25) is 28.8 Å². The van der Waals surface area contributed by atoms with Gasteiger partial charge >= 0.3 is 11.9 Å². The maximum absolute atomic E-state index is 14.7. The number of hydrogen-bond donors (Lipinski definition) is 0. The third kappa shape index (κ3) is 10.6. The highest BCUT2D eigenvalue weighted by atomic mass is 31.2. The average molecular weight is 857 g/mol. The third-order valence-corrected chi connectivity index (χ3v) is 15.2. The third-order valence-electron chi connectivity index (χ3n) is 10.3. The molecule has 13 heteroatoms. The molecule has 4 aromatic carbocycles. The molecule has 1 unspecified atom stereocenters. The van der Waals surface area contributed by atoms with E-state index in [2.05, 4.69) is 0 Å². The molecule has 0 aliphatic heterocycles. The Morgan fingerprint density at radius 3 is 1.02 bits per heavy atom. The minimum absolute atomic E-state index is 0.0798. The lowest BCUT2D eigenvalue weighted by molar-refractivity contribution is -0.143. The van der Waals surface area contributed by atoms with Gasteiger partial charge in [0.15, 0.2) is 0 Å². The molecule has 0 heterocycles. The first kappa shape index (κ1) is 47.6. The minimum Gasteiger partial charge on any atom is -0.463 e. The Labute approximate surface area is 352 Å². The lowest BCUT2D eigenvalue weighted by Crippen LogP contribution is -2.24. The number of hydrogen-bond acceptors (Lipinski definition) is 11. The van der Waals surface area contributed by atoms with Crippen LogP contribution in [0.4, 0.5) is 0 Å². The van der Waals surface area contributed by atoms with Crippen LogP contribution in [0.3, 0.4) is 0 Å². The van der Waals surface area contributed by atoms with Crippen LogP contribution in [0.25, 0.3) is 0 Å². The molecule has 0 aliphatic carbocycles. The van der Waals surface area contributed by atoms with Crippen LogP contribution in [0.15, 0.2) is 54.6 Å². The van der Waals surface area contributed by atoms with Crippen molar-refractivity contribution in [1.82, 2.24) is 0 Å². The van der Waals surface area contributed by atoms with E-state index in [9.17, 15) is 37.9 Å². The van der Waals surface area contributed by atoms with Gasteiger partial charge < -0.3 is 23.3 Å². The van der Waals surface area contributed by atoms with Crippen LogP contribution < -0.4 is 0 Å². The maximum atomic E-state index is 14.7. The molecule has 0 spiro atoms. The van der Waals surface area contributed by atoms with Gasteiger partial charge in [0, 0.05) is 22.3 Å². The largest absolute Gasteiger partial charge is 0.463 e. The maximum Gasteiger partial charge on any atom is 0.314 e. The van der Waals surface area contributed by atoms with Crippen molar-refractivity contribution in [1.29, 1.82) is 0 Å². The van der Waals surface area contributed by atoms with E-state index in [0.717, 1.165) is 22.3 Å². The number of carbonyl (C=O) groups is 6. The molecule has 0 fully saturated rings. The van der Waals surface area contributed by atoms with Crippen molar-refractivity contribution >= 4 is 48.3 Å². The molecule has 0 saturated heterocycles. The van der Waals surface area contributed by atoms with Crippen LogP contribution in [-0.4, -0.2) is 72.8 Å². The van der Waals surface area contributed by atoms with Crippen molar-refractivity contribution in [2.45, 2.75) is 76.2 Å². The predicted octanol–water partition coefficient (Wildman–Crippen LogP) is 9.57. The summed E-state index contributed by atoms with van der Waals surface area (Å²) in [5.74, 6) is -2.07. The molecule has 0 aliphatic rings. The van der Waals surface area contributed by atoms with Crippen LogP contribution in [0, 0.1) is 76.2 Å². The highest BCUT2D eigenvalue weighted by Crippen LogP contribution is 2.54. The molecule has 11 nitrogen and oxygen atoms in total. The molecular formula is C47H54O11P2. The van der Waals surface area contributed by atoms with E-state index in [4.69, 9.17) is 14.2 Å². The zero-order chi connectivity index (χ0) is 44.9. The number of benzene rings is 4. The van der Waals surface area contributed by atoms with Gasteiger partial charge in [0.05, 0.1) is 13.2 Å². The first-order chi connectivity index (χ1) is 28.0. The number of ether oxygens (including phenoxy) is 3. The highest BCUT2D eigenvalue weighted by Gasteiger charge is 2.46. The standard InChI is InChI=1S/C47H54O11P2/c1-27-12-13-38(31(5)18-27)44(50)59(54,45(51)41-32(6)19-28(2)20-33(41)7)25-39(48)57-16-14-56-15-17-58-40(49)26-60(55,46(52)42-34(8)21-29(3)22-35(42)9)47(53)43-36(10)23-30(4)24-37(43)11/h12-13,18-24H,14-17,25-26H2,1-11H3. The lowest BCUT2D eigenvalue weighted by atomic mass is 10.0.